The first-order chi connectivity index (χ1) is 8.48. The molecule has 0 fully saturated rings. The number of aryl methyl sites for hydroxylation is 1. The Morgan fingerprint density at radius 2 is 1.94 bits per heavy atom. The minimum absolute atomic E-state index is 0.249. The van der Waals surface area contributed by atoms with Crippen LogP contribution in [-0.2, 0) is 10.2 Å². The number of unbranched alkanes of at least 4 members (excludes halogenated alkanes) is 2. The van der Waals surface area contributed by atoms with E-state index < -0.39 is 0 Å². The molecule has 0 saturated carbocycles. The number of hydrogen-bond donors (Lipinski definition) is 0. The van der Waals surface area contributed by atoms with Gasteiger partial charge in [0, 0.05) is 12.2 Å². The molecule has 2 nitrogen and oxygen atoms in total. The second-order valence-corrected chi connectivity index (χ2v) is 5.81. The normalized spacial score (nSPS) is 17.1. The van der Waals surface area contributed by atoms with Gasteiger partial charge in [-0.2, -0.15) is 0 Å². The fourth-order valence-corrected chi connectivity index (χ4v) is 2.69. The van der Waals surface area contributed by atoms with Crippen LogP contribution in [-0.4, -0.2) is 12.5 Å². The SMILES string of the molecule is CCCCCN1C(=O)C(C)(C)c2cc(C)ccc21. The number of nitrogens with zero attached hydrogens (tertiary/aromatic N) is 1. The highest BCUT2D eigenvalue weighted by Gasteiger charge is 2.43. The van der Waals surface area contributed by atoms with Gasteiger partial charge in [-0.15, -0.1) is 0 Å². The molecule has 2 heteroatoms. The first kappa shape index (κ1) is 13.1. The molecule has 0 radical (unpaired) electrons. The van der Waals surface area contributed by atoms with E-state index in [1.54, 1.807) is 0 Å². The van der Waals surface area contributed by atoms with E-state index in [1.807, 2.05) is 18.7 Å². The van der Waals surface area contributed by atoms with E-state index in [2.05, 4.69) is 32.0 Å². The minimum Gasteiger partial charge on any atom is -0.311 e. The molecule has 0 atom stereocenters. The zero-order valence-electron chi connectivity index (χ0n) is 11.9. The van der Waals surface area contributed by atoms with E-state index in [0.717, 1.165) is 18.7 Å². The average molecular weight is 245 g/mol. The molecule has 1 heterocycles. The maximum absolute atomic E-state index is 12.5. The number of hydrogen-bond acceptors (Lipinski definition) is 1. The molecule has 1 aromatic carbocycles. The van der Waals surface area contributed by atoms with E-state index in [4.69, 9.17) is 0 Å². The van der Waals surface area contributed by atoms with Crippen LogP contribution in [0, 0.1) is 6.92 Å². The summed E-state index contributed by atoms with van der Waals surface area (Å²) in [6.45, 7) is 9.20. The summed E-state index contributed by atoms with van der Waals surface area (Å²) in [5, 5.41) is 0. The van der Waals surface area contributed by atoms with Gasteiger partial charge in [0.2, 0.25) is 5.91 Å². The van der Waals surface area contributed by atoms with Crippen molar-refractivity contribution >= 4 is 11.6 Å². The van der Waals surface area contributed by atoms with E-state index in [9.17, 15) is 4.79 Å². The Balaban J connectivity index is 2.32. The predicted octanol–water partition coefficient (Wildman–Crippen LogP) is 3.81. The third-order valence-electron chi connectivity index (χ3n) is 3.88. The van der Waals surface area contributed by atoms with Gasteiger partial charge in [0.15, 0.2) is 0 Å². The lowest BCUT2D eigenvalue weighted by Crippen LogP contribution is -2.36. The van der Waals surface area contributed by atoms with E-state index in [0.29, 0.717) is 0 Å². The van der Waals surface area contributed by atoms with Crippen molar-refractivity contribution in [3.8, 4) is 0 Å². The summed E-state index contributed by atoms with van der Waals surface area (Å²) in [4.78, 5) is 14.5. The highest BCUT2D eigenvalue weighted by Crippen LogP contribution is 2.41. The second kappa shape index (κ2) is 4.75. The number of amides is 1. The second-order valence-electron chi connectivity index (χ2n) is 5.81. The average Bonchev–Trinajstić information content (AvgIpc) is 2.51. The van der Waals surface area contributed by atoms with Crippen LogP contribution in [0.5, 0.6) is 0 Å². The lowest BCUT2D eigenvalue weighted by Gasteiger charge is -2.20. The van der Waals surface area contributed by atoms with Crippen LogP contribution < -0.4 is 4.90 Å². The van der Waals surface area contributed by atoms with Crippen LogP contribution in [0.15, 0.2) is 18.2 Å². The van der Waals surface area contributed by atoms with Gasteiger partial charge < -0.3 is 4.90 Å². The maximum Gasteiger partial charge on any atom is 0.237 e. The molecule has 0 spiro atoms. The van der Waals surface area contributed by atoms with Gasteiger partial charge in [0.25, 0.3) is 0 Å². The fraction of sp³-hybridized carbons (Fsp3) is 0.562. The number of anilines is 1. The highest BCUT2D eigenvalue weighted by atomic mass is 16.2. The van der Waals surface area contributed by atoms with Crippen LogP contribution in [0.3, 0.4) is 0 Å². The molecule has 98 valence electrons. The zero-order valence-corrected chi connectivity index (χ0v) is 11.9. The molecule has 1 aliphatic heterocycles. The third kappa shape index (κ3) is 2.05. The highest BCUT2D eigenvalue weighted by molar-refractivity contribution is 6.07. The summed E-state index contributed by atoms with van der Waals surface area (Å²) in [7, 11) is 0. The van der Waals surface area contributed by atoms with Gasteiger partial charge >= 0.3 is 0 Å². The van der Waals surface area contributed by atoms with Crippen LogP contribution >= 0.6 is 0 Å². The van der Waals surface area contributed by atoms with Crippen molar-refractivity contribution < 1.29 is 4.79 Å². The van der Waals surface area contributed by atoms with Crippen LogP contribution in [0.4, 0.5) is 5.69 Å². The van der Waals surface area contributed by atoms with Crippen molar-refractivity contribution in [1.82, 2.24) is 0 Å². The summed E-state index contributed by atoms with van der Waals surface area (Å²) in [6, 6.07) is 6.36. The van der Waals surface area contributed by atoms with Crippen molar-refractivity contribution in [3.05, 3.63) is 29.3 Å². The van der Waals surface area contributed by atoms with Crippen molar-refractivity contribution in [2.45, 2.75) is 52.4 Å². The molecule has 0 unspecified atom stereocenters. The Hall–Kier alpha value is -1.31. The predicted molar refractivity (Wildman–Crippen MR) is 76.1 cm³/mol. The van der Waals surface area contributed by atoms with E-state index in [-0.39, 0.29) is 11.3 Å². The quantitative estimate of drug-likeness (QED) is 0.739. The molecule has 0 aromatic heterocycles. The summed E-state index contributed by atoms with van der Waals surface area (Å²) in [5.74, 6) is 0.249. The molecule has 0 N–H and O–H groups in total. The monoisotopic (exact) mass is 245 g/mol. The Morgan fingerprint density at radius 1 is 1.22 bits per heavy atom. The first-order valence-corrected chi connectivity index (χ1v) is 6.91. The van der Waals surface area contributed by atoms with Gasteiger partial charge in [-0.25, -0.2) is 0 Å². The number of carbonyl (C=O) groups is 1. The number of carbonyl (C=O) groups excluding carboxylic acids is 1. The molecule has 1 amide bonds. The molecule has 0 aliphatic carbocycles. The molecule has 0 saturated heterocycles. The summed E-state index contributed by atoms with van der Waals surface area (Å²) < 4.78 is 0. The number of benzene rings is 1. The third-order valence-corrected chi connectivity index (χ3v) is 3.88. The molecule has 2 rings (SSSR count). The van der Waals surface area contributed by atoms with Crippen LogP contribution in [0.2, 0.25) is 0 Å². The number of fused-ring (bicyclic) bond motifs is 1. The summed E-state index contributed by atoms with van der Waals surface area (Å²) in [5.41, 5.74) is 3.16. The number of rotatable bonds is 4. The molecule has 0 bridgehead atoms. The standard InChI is InChI=1S/C16H23NO/c1-5-6-7-10-17-14-9-8-12(2)11-13(14)16(3,4)15(17)18/h8-9,11H,5-7,10H2,1-4H3. The summed E-state index contributed by atoms with van der Waals surface area (Å²) in [6.07, 6.45) is 3.46. The minimum atomic E-state index is -0.367. The lowest BCUT2D eigenvalue weighted by atomic mass is 9.85. The van der Waals surface area contributed by atoms with Gasteiger partial charge in [-0.1, -0.05) is 37.5 Å². The Kier molecular flexibility index (Phi) is 3.47. The molecular formula is C16H23NO. The van der Waals surface area contributed by atoms with Crippen LogP contribution in [0.25, 0.3) is 0 Å². The van der Waals surface area contributed by atoms with Gasteiger partial charge in [-0.05, 0) is 38.8 Å². The van der Waals surface area contributed by atoms with Gasteiger partial charge in [0.1, 0.15) is 0 Å². The topological polar surface area (TPSA) is 20.3 Å². The van der Waals surface area contributed by atoms with Crippen molar-refractivity contribution in [3.63, 3.8) is 0 Å². The summed E-state index contributed by atoms with van der Waals surface area (Å²) >= 11 is 0. The fourth-order valence-electron chi connectivity index (χ4n) is 2.69. The van der Waals surface area contributed by atoms with Crippen LogP contribution in [0.1, 0.15) is 51.2 Å². The largest absolute Gasteiger partial charge is 0.311 e. The Labute approximate surface area is 110 Å². The Morgan fingerprint density at radius 3 is 2.61 bits per heavy atom. The smallest absolute Gasteiger partial charge is 0.237 e. The molecule has 1 aliphatic rings. The maximum atomic E-state index is 12.5. The zero-order chi connectivity index (χ0) is 13.3. The molecule has 18 heavy (non-hydrogen) atoms. The van der Waals surface area contributed by atoms with Gasteiger partial charge in [-0.3, -0.25) is 4.79 Å². The van der Waals surface area contributed by atoms with Crippen molar-refractivity contribution in [2.75, 3.05) is 11.4 Å². The van der Waals surface area contributed by atoms with Gasteiger partial charge in [0.05, 0.1) is 5.41 Å². The lowest BCUT2D eigenvalue weighted by molar-refractivity contribution is -0.122. The molecular weight excluding hydrogens is 222 g/mol. The van der Waals surface area contributed by atoms with Crippen molar-refractivity contribution in [2.24, 2.45) is 0 Å². The first-order valence-electron chi connectivity index (χ1n) is 6.91. The molecule has 1 aromatic rings. The Bertz CT molecular complexity index is 462. The van der Waals surface area contributed by atoms with E-state index >= 15 is 0 Å². The van der Waals surface area contributed by atoms with E-state index in [1.165, 1.54) is 24.0 Å². The van der Waals surface area contributed by atoms with Crippen molar-refractivity contribution in [1.29, 1.82) is 0 Å².